The Kier molecular flexibility index (Phi) is 5.09. The van der Waals surface area contributed by atoms with Gasteiger partial charge in [0.25, 0.3) is 0 Å². The number of hydrogen-bond acceptors (Lipinski definition) is 3. The van der Waals surface area contributed by atoms with Gasteiger partial charge in [-0.05, 0) is 30.5 Å². The third-order valence-corrected chi connectivity index (χ3v) is 3.96. The summed E-state index contributed by atoms with van der Waals surface area (Å²) in [5, 5.41) is 9.32. The standard InChI is InChI=1S/C16H20N2O/c17-12-15(13-8-10-18-11-9-13)16(19)14-6-4-2-1-3-5-7-14/h8-11,14-15H,1-7H2. The van der Waals surface area contributed by atoms with Crippen LogP contribution in [0.4, 0.5) is 0 Å². The van der Waals surface area contributed by atoms with E-state index in [0.29, 0.717) is 0 Å². The van der Waals surface area contributed by atoms with E-state index in [2.05, 4.69) is 11.1 Å². The van der Waals surface area contributed by atoms with Crippen molar-refractivity contribution in [3.63, 3.8) is 0 Å². The second-order valence-corrected chi connectivity index (χ2v) is 5.29. The summed E-state index contributed by atoms with van der Waals surface area (Å²) in [4.78, 5) is 16.5. The minimum atomic E-state index is -0.618. The van der Waals surface area contributed by atoms with E-state index in [1.165, 1.54) is 19.3 Å². The van der Waals surface area contributed by atoms with E-state index in [1.807, 2.05) is 0 Å². The first-order chi connectivity index (χ1) is 9.33. The highest BCUT2D eigenvalue weighted by molar-refractivity contribution is 5.90. The second-order valence-electron chi connectivity index (χ2n) is 5.29. The topological polar surface area (TPSA) is 53.8 Å². The number of nitrogens with zero attached hydrogens (tertiary/aromatic N) is 2. The Morgan fingerprint density at radius 3 is 2.32 bits per heavy atom. The molecule has 0 aliphatic heterocycles. The number of pyridine rings is 1. The molecule has 1 aromatic heterocycles. The smallest absolute Gasteiger partial charge is 0.157 e. The summed E-state index contributed by atoms with van der Waals surface area (Å²) in [7, 11) is 0. The molecule has 2 rings (SSSR count). The highest BCUT2D eigenvalue weighted by atomic mass is 16.1. The third kappa shape index (κ3) is 3.64. The molecular weight excluding hydrogens is 236 g/mol. The lowest BCUT2D eigenvalue weighted by molar-refractivity contribution is -0.123. The Morgan fingerprint density at radius 2 is 1.74 bits per heavy atom. The first-order valence-corrected chi connectivity index (χ1v) is 7.16. The average molecular weight is 256 g/mol. The SMILES string of the molecule is N#CC(C(=O)C1CCCCCCC1)c1ccncc1. The fraction of sp³-hybridized carbons (Fsp3) is 0.562. The van der Waals surface area contributed by atoms with Crippen LogP contribution < -0.4 is 0 Å². The summed E-state index contributed by atoms with van der Waals surface area (Å²) in [6, 6.07) is 5.72. The maximum atomic E-state index is 12.6. The molecule has 0 radical (unpaired) electrons. The van der Waals surface area contributed by atoms with Crippen molar-refractivity contribution >= 4 is 5.78 Å². The highest BCUT2D eigenvalue weighted by Gasteiger charge is 2.28. The molecule has 3 nitrogen and oxygen atoms in total. The number of aromatic nitrogens is 1. The van der Waals surface area contributed by atoms with E-state index in [1.54, 1.807) is 24.5 Å². The van der Waals surface area contributed by atoms with Crippen LogP contribution in [0.1, 0.15) is 56.4 Å². The van der Waals surface area contributed by atoms with Gasteiger partial charge in [0.1, 0.15) is 5.92 Å². The van der Waals surface area contributed by atoms with Gasteiger partial charge >= 0.3 is 0 Å². The molecule has 0 bridgehead atoms. The van der Waals surface area contributed by atoms with Crippen LogP contribution in [0.2, 0.25) is 0 Å². The molecule has 1 saturated carbocycles. The van der Waals surface area contributed by atoms with Gasteiger partial charge in [-0.2, -0.15) is 5.26 Å². The van der Waals surface area contributed by atoms with Gasteiger partial charge in [0, 0.05) is 18.3 Å². The number of Topliss-reactive ketones (excluding diaryl/α,β-unsaturated/α-hetero) is 1. The monoisotopic (exact) mass is 256 g/mol. The third-order valence-electron chi connectivity index (χ3n) is 3.96. The quantitative estimate of drug-likeness (QED) is 0.830. The second kappa shape index (κ2) is 7.04. The van der Waals surface area contributed by atoms with Crippen LogP contribution in [0, 0.1) is 17.2 Å². The zero-order valence-electron chi connectivity index (χ0n) is 11.2. The van der Waals surface area contributed by atoms with Gasteiger partial charge in [-0.3, -0.25) is 9.78 Å². The fourth-order valence-electron chi connectivity index (χ4n) is 2.83. The van der Waals surface area contributed by atoms with Gasteiger partial charge < -0.3 is 0 Å². The molecule has 1 atom stereocenters. The Hall–Kier alpha value is -1.69. The predicted molar refractivity (Wildman–Crippen MR) is 73.4 cm³/mol. The lowest BCUT2D eigenvalue weighted by atomic mass is 9.81. The van der Waals surface area contributed by atoms with Gasteiger partial charge in [0.05, 0.1) is 6.07 Å². The first kappa shape index (κ1) is 13.7. The molecule has 1 unspecified atom stereocenters. The molecule has 1 heterocycles. The van der Waals surface area contributed by atoms with E-state index in [0.717, 1.165) is 31.2 Å². The van der Waals surface area contributed by atoms with E-state index in [9.17, 15) is 10.1 Å². The summed E-state index contributed by atoms with van der Waals surface area (Å²) in [5.74, 6) is -0.443. The molecule has 19 heavy (non-hydrogen) atoms. The van der Waals surface area contributed by atoms with Crippen LogP contribution in [0.5, 0.6) is 0 Å². The van der Waals surface area contributed by atoms with Gasteiger partial charge in [-0.25, -0.2) is 0 Å². The van der Waals surface area contributed by atoms with Crippen LogP contribution in [0.15, 0.2) is 24.5 Å². The number of nitriles is 1. The summed E-state index contributed by atoms with van der Waals surface area (Å²) in [6.45, 7) is 0. The molecular formula is C16H20N2O. The molecule has 0 aromatic carbocycles. The lowest BCUT2D eigenvalue weighted by Gasteiger charge is -2.20. The fourth-order valence-corrected chi connectivity index (χ4v) is 2.83. The van der Waals surface area contributed by atoms with Crippen molar-refractivity contribution < 1.29 is 4.79 Å². The van der Waals surface area contributed by atoms with E-state index < -0.39 is 5.92 Å². The van der Waals surface area contributed by atoms with Crippen molar-refractivity contribution in [1.82, 2.24) is 4.98 Å². The van der Waals surface area contributed by atoms with Crippen molar-refractivity contribution in [2.24, 2.45) is 5.92 Å². The van der Waals surface area contributed by atoms with Gasteiger partial charge in [0.15, 0.2) is 5.78 Å². The molecule has 0 spiro atoms. The van der Waals surface area contributed by atoms with Crippen LogP contribution in [-0.2, 0) is 4.79 Å². The lowest BCUT2D eigenvalue weighted by Crippen LogP contribution is -2.22. The molecule has 0 N–H and O–H groups in total. The van der Waals surface area contributed by atoms with Gasteiger partial charge in [0.2, 0.25) is 0 Å². The summed E-state index contributed by atoms with van der Waals surface area (Å²) < 4.78 is 0. The largest absolute Gasteiger partial charge is 0.298 e. The first-order valence-electron chi connectivity index (χ1n) is 7.16. The zero-order valence-corrected chi connectivity index (χ0v) is 11.2. The van der Waals surface area contributed by atoms with Crippen LogP contribution >= 0.6 is 0 Å². The Bertz CT molecular complexity index is 442. The molecule has 100 valence electrons. The Balaban J connectivity index is 2.09. The molecule has 0 amide bonds. The Labute approximate surface area is 114 Å². The zero-order chi connectivity index (χ0) is 13.5. The molecule has 1 aliphatic carbocycles. The van der Waals surface area contributed by atoms with Crippen LogP contribution in [-0.4, -0.2) is 10.8 Å². The summed E-state index contributed by atoms with van der Waals surface area (Å²) in [6.07, 6.45) is 11.1. The normalized spacial score (nSPS) is 18.9. The maximum absolute atomic E-state index is 12.6. The number of carbonyl (C=O) groups is 1. The van der Waals surface area contributed by atoms with Crippen molar-refractivity contribution in [3.05, 3.63) is 30.1 Å². The van der Waals surface area contributed by atoms with E-state index in [4.69, 9.17) is 0 Å². The summed E-state index contributed by atoms with van der Waals surface area (Å²) >= 11 is 0. The molecule has 1 aliphatic rings. The van der Waals surface area contributed by atoms with Crippen LogP contribution in [0.25, 0.3) is 0 Å². The Morgan fingerprint density at radius 1 is 1.16 bits per heavy atom. The molecule has 1 fully saturated rings. The minimum Gasteiger partial charge on any atom is -0.298 e. The number of hydrogen-bond donors (Lipinski definition) is 0. The maximum Gasteiger partial charge on any atom is 0.157 e. The van der Waals surface area contributed by atoms with Gasteiger partial charge in [-0.1, -0.05) is 32.1 Å². The van der Waals surface area contributed by atoms with Crippen LogP contribution in [0.3, 0.4) is 0 Å². The summed E-state index contributed by atoms with van der Waals surface area (Å²) in [5.41, 5.74) is 0.782. The van der Waals surface area contributed by atoms with Crippen molar-refractivity contribution in [2.45, 2.75) is 50.9 Å². The predicted octanol–water partition coefficient (Wildman–Crippen LogP) is 3.62. The van der Waals surface area contributed by atoms with Gasteiger partial charge in [-0.15, -0.1) is 0 Å². The van der Waals surface area contributed by atoms with Crippen molar-refractivity contribution in [1.29, 1.82) is 5.26 Å². The average Bonchev–Trinajstić information content (AvgIpc) is 2.40. The minimum absolute atomic E-state index is 0.0677. The van der Waals surface area contributed by atoms with Crippen molar-refractivity contribution in [3.8, 4) is 6.07 Å². The number of rotatable bonds is 3. The molecule has 1 aromatic rings. The van der Waals surface area contributed by atoms with Crippen molar-refractivity contribution in [2.75, 3.05) is 0 Å². The molecule has 0 saturated heterocycles. The number of carbonyl (C=O) groups excluding carboxylic acids is 1. The number of ketones is 1. The molecule has 3 heteroatoms. The van der Waals surface area contributed by atoms with E-state index >= 15 is 0 Å². The van der Waals surface area contributed by atoms with E-state index in [-0.39, 0.29) is 11.7 Å². The highest BCUT2D eigenvalue weighted by Crippen LogP contribution is 2.28.